The molecule has 2 atom stereocenters. The standard InChI is InChI=1S/C15H21NO3S/c1-12-15(18,8-9-19-12)11-16-14(17)7-10-20-13-5-3-2-4-6-13/h2-6,12,18H,7-11H2,1H3,(H,16,17). The Labute approximate surface area is 123 Å². The lowest BCUT2D eigenvalue weighted by Crippen LogP contribution is -2.47. The van der Waals surface area contributed by atoms with Crippen LogP contribution in [0.15, 0.2) is 35.2 Å². The molecular formula is C15H21NO3S. The normalized spacial score (nSPS) is 25.6. The molecule has 1 aromatic rings. The van der Waals surface area contributed by atoms with Crippen LogP contribution in [0.2, 0.25) is 0 Å². The van der Waals surface area contributed by atoms with Crippen molar-refractivity contribution in [2.75, 3.05) is 18.9 Å². The number of carbonyl (C=O) groups is 1. The van der Waals surface area contributed by atoms with Gasteiger partial charge in [-0.1, -0.05) is 18.2 Å². The molecule has 0 aromatic heterocycles. The first-order valence-electron chi connectivity index (χ1n) is 6.89. The van der Waals surface area contributed by atoms with Crippen LogP contribution in [-0.2, 0) is 9.53 Å². The van der Waals surface area contributed by atoms with Gasteiger partial charge in [-0.05, 0) is 19.1 Å². The summed E-state index contributed by atoms with van der Waals surface area (Å²) in [5.41, 5.74) is -0.914. The number of rotatable bonds is 6. The fourth-order valence-corrected chi connectivity index (χ4v) is 2.99. The van der Waals surface area contributed by atoms with E-state index in [0.29, 0.717) is 19.4 Å². The van der Waals surface area contributed by atoms with Gasteiger partial charge in [-0.3, -0.25) is 4.79 Å². The van der Waals surface area contributed by atoms with Gasteiger partial charge >= 0.3 is 0 Å². The molecule has 110 valence electrons. The van der Waals surface area contributed by atoms with E-state index in [1.807, 2.05) is 37.3 Å². The van der Waals surface area contributed by atoms with E-state index >= 15 is 0 Å². The van der Waals surface area contributed by atoms with Gasteiger partial charge in [0.2, 0.25) is 5.91 Å². The topological polar surface area (TPSA) is 58.6 Å². The third-order valence-electron chi connectivity index (χ3n) is 3.59. The predicted octanol–water partition coefficient (Wildman–Crippen LogP) is 1.82. The van der Waals surface area contributed by atoms with E-state index in [2.05, 4.69) is 5.32 Å². The summed E-state index contributed by atoms with van der Waals surface area (Å²) in [6.45, 7) is 2.66. The average molecular weight is 295 g/mol. The minimum Gasteiger partial charge on any atom is -0.385 e. The zero-order chi connectivity index (χ0) is 14.4. The third kappa shape index (κ3) is 4.23. The Hall–Kier alpha value is -1.04. The lowest BCUT2D eigenvalue weighted by molar-refractivity contribution is -0.122. The Morgan fingerprint density at radius 3 is 2.90 bits per heavy atom. The maximum Gasteiger partial charge on any atom is 0.220 e. The summed E-state index contributed by atoms with van der Waals surface area (Å²) in [4.78, 5) is 12.9. The second kappa shape index (κ2) is 7.11. The SMILES string of the molecule is CC1OCCC1(O)CNC(=O)CCSc1ccccc1. The molecule has 1 aliphatic rings. The lowest BCUT2D eigenvalue weighted by Gasteiger charge is -2.26. The van der Waals surface area contributed by atoms with Crippen LogP contribution in [0.3, 0.4) is 0 Å². The van der Waals surface area contributed by atoms with Gasteiger partial charge in [0, 0.05) is 36.6 Å². The summed E-state index contributed by atoms with van der Waals surface area (Å²) in [7, 11) is 0. The van der Waals surface area contributed by atoms with Crippen molar-refractivity contribution in [2.24, 2.45) is 0 Å². The van der Waals surface area contributed by atoms with Crippen LogP contribution in [-0.4, -0.2) is 41.6 Å². The molecule has 2 rings (SSSR count). The zero-order valence-corrected chi connectivity index (χ0v) is 12.5. The van der Waals surface area contributed by atoms with Crippen LogP contribution >= 0.6 is 11.8 Å². The van der Waals surface area contributed by atoms with Crippen molar-refractivity contribution in [3.8, 4) is 0 Å². The van der Waals surface area contributed by atoms with Crippen molar-refractivity contribution in [3.05, 3.63) is 30.3 Å². The van der Waals surface area contributed by atoms with Gasteiger partial charge in [0.1, 0.15) is 5.60 Å². The number of amides is 1. The van der Waals surface area contributed by atoms with Crippen LogP contribution in [0.4, 0.5) is 0 Å². The Morgan fingerprint density at radius 1 is 1.50 bits per heavy atom. The molecule has 1 aliphatic heterocycles. The highest BCUT2D eigenvalue weighted by molar-refractivity contribution is 7.99. The number of thioether (sulfide) groups is 1. The van der Waals surface area contributed by atoms with Crippen LogP contribution in [0, 0.1) is 0 Å². The molecule has 1 aromatic carbocycles. The largest absolute Gasteiger partial charge is 0.385 e. The van der Waals surface area contributed by atoms with Crippen molar-refractivity contribution in [1.29, 1.82) is 0 Å². The summed E-state index contributed by atoms with van der Waals surface area (Å²) >= 11 is 1.66. The van der Waals surface area contributed by atoms with Gasteiger partial charge in [-0.2, -0.15) is 0 Å². The quantitative estimate of drug-likeness (QED) is 0.786. The number of benzene rings is 1. The van der Waals surface area contributed by atoms with Crippen LogP contribution in [0.25, 0.3) is 0 Å². The van der Waals surface area contributed by atoms with Crippen molar-refractivity contribution in [3.63, 3.8) is 0 Å². The Bertz CT molecular complexity index is 440. The lowest BCUT2D eigenvalue weighted by atomic mass is 9.97. The maximum absolute atomic E-state index is 11.8. The van der Waals surface area contributed by atoms with Crippen LogP contribution in [0.5, 0.6) is 0 Å². The number of hydrogen-bond acceptors (Lipinski definition) is 4. The molecule has 1 saturated heterocycles. The van der Waals surface area contributed by atoms with E-state index in [4.69, 9.17) is 4.74 Å². The first kappa shape index (κ1) is 15.4. The van der Waals surface area contributed by atoms with Crippen LogP contribution in [0.1, 0.15) is 19.8 Å². The molecule has 20 heavy (non-hydrogen) atoms. The molecule has 1 heterocycles. The second-order valence-corrected chi connectivity index (χ2v) is 6.22. The minimum absolute atomic E-state index is 0.0269. The summed E-state index contributed by atoms with van der Waals surface area (Å²) < 4.78 is 5.33. The number of carbonyl (C=O) groups excluding carboxylic acids is 1. The highest BCUT2D eigenvalue weighted by atomic mass is 32.2. The van der Waals surface area contributed by atoms with E-state index in [0.717, 1.165) is 10.6 Å². The summed E-state index contributed by atoms with van der Waals surface area (Å²) in [6, 6.07) is 10.0. The minimum atomic E-state index is -0.914. The molecule has 5 heteroatoms. The van der Waals surface area contributed by atoms with Gasteiger partial charge in [0.05, 0.1) is 6.10 Å². The van der Waals surface area contributed by atoms with Gasteiger partial charge in [0.15, 0.2) is 0 Å². The van der Waals surface area contributed by atoms with Crippen molar-refractivity contribution in [2.45, 2.75) is 36.4 Å². The summed E-state index contributed by atoms with van der Waals surface area (Å²) in [5, 5.41) is 13.1. The zero-order valence-electron chi connectivity index (χ0n) is 11.7. The molecule has 0 aliphatic carbocycles. The predicted molar refractivity (Wildman–Crippen MR) is 79.8 cm³/mol. The molecule has 2 N–H and O–H groups in total. The summed E-state index contributed by atoms with van der Waals surface area (Å²) in [5.74, 6) is 0.710. The van der Waals surface area contributed by atoms with E-state index in [1.54, 1.807) is 11.8 Å². The Kier molecular flexibility index (Phi) is 5.46. The molecule has 1 fully saturated rings. The highest BCUT2D eigenvalue weighted by Gasteiger charge is 2.39. The number of hydrogen-bond donors (Lipinski definition) is 2. The Morgan fingerprint density at radius 2 is 2.25 bits per heavy atom. The monoisotopic (exact) mass is 295 g/mol. The smallest absolute Gasteiger partial charge is 0.220 e. The van der Waals surface area contributed by atoms with E-state index in [9.17, 15) is 9.90 Å². The first-order chi connectivity index (χ1) is 9.60. The van der Waals surface area contributed by atoms with E-state index in [-0.39, 0.29) is 18.6 Å². The number of nitrogens with one attached hydrogen (secondary N) is 1. The molecule has 0 radical (unpaired) electrons. The molecule has 0 bridgehead atoms. The molecule has 0 spiro atoms. The summed E-state index contributed by atoms with van der Waals surface area (Å²) in [6.07, 6.45) is 0.805. The van der Waals surface area contributed by atoms with E-state index in [1.165, 1.54) is 0 Å². The molecule has 0 saturated carbocycles. The number of aliphatic hydroxyl groups is 1. The fourth-order valence-electron chi connectivity index (χ4n) is 2.12. The molecule has 1 amide bonds. The average Bonchev–Trinajstić information content (AvgIpc) is 2.78. The third-order valence-corrected chi connectivity index (χ3v) is 4.61. The van der Waals surface area contributed by atoms with Crippen molar-refractivity contribution < 1.29 is 14.6 Å². The van der Waals surface area contributed by atoms with Crippen LogP contribution < -0.4 is 5.32 Å². The molecule has 4 nitrogen and oxygen atoms in total. The van der Waals surface area contributed by atoms with Crippen molar-refractivity contribution >= 4 is 17.7 Å². The highest BCUT2D eigenvalue weighted by Crippen LogP contribution is 2.24. The first-order valence-corrected chi connectivity index (χ1v) is 7.87. The van der Waals surface area contributed by atoms with Gasteiger partial charge in [-0.15, -0.1) is 11.8 Å². The Balaban J connectivity index is 1.66. The molecular weight excluding hydrogens is 274 g/mol. The van der Waals surface area contributed by atoms with Crippen molar-refractivity contribution in [1.82, 2.24) is 5.32 Å². The molecule has 2 unspecified atom stereocenters. The maximum atomic E-state index is 11.8. The number of ether oxygens (including phenoxy) is 1. The van der Waals surface area contributed by atoms with E-state index < -0.39 is 5.60 Å². The fraction of sp³-hybridized carbons (Fsp3) is 0.533. The van der Waals surface area contributed by atoms with Gasteiger partial charge in [-0.25, -0.2) is 0 Å². The second-order valence-electron chi connectivity index (χ2n) is 5.05. The van der Waals surface area contributed by atoms with Gasteiger partial charge in [0.25, 0.3) is 0 Å². The van der Waals surface area contributed by atoms with Gasteiger partial charge < -0.3 is 15.2 Å².